The third-order valence-electron chi connectivity index (χ3n) is 2.26. The Balaban J connectivity index is 2.06. The zero-order valence-electron chi connectivity index (χ0n) is 9.02. The molecule has 0 aliphatic rings. The van der Waals surface area contributed by atoms with E-state index in [1.807, 2.05) is 12.1 Å². The number of carboxylic acids is 1. The minimum atomic E-state index is -0.865. The Kier molecular flexibility index (Phi) is 3.39. The zero-order valence-corrected chi connectivity index (χ0v) is 9.02. The van der Waals surface area contributed by atoms with E-state index in [2.05, 4.69) is 20.5 Å². The molecule has 17 heavy (non-hydrogen) atoms. The molecule has 0 fully saturated rings. The first-order valence-corrected chi connectivity index (χ1v) is 5.11. The molecule has 0 saturated carbocycles. The number of aliphatic carboxylic acids is 1. The predicted octanol–water partition coefficient (Wildman–Crippen LogP) is 0.134. The summed E-state index contributed by atoms with van der Waals surface area (Å²) in [6.07, 6.45) is 3.96. The largest absolute Gasteiger partial charge is 0.481 e. The molecule has 0 saturated heterocycles. The SMILES string of the molecule is O=C(O)CCn1nnnc1Cc1ccncc1. The smallest absolute Gasteiger partial charge is 0.305 e. The number of hydrogen-bond acceptors (Lipinski definition) is 5. The van der Waals surface area contributed by atoms with Crippen LogP contribution in [0.3, 0.4) is 0 Å². The zero-order chi connectivity index (χ0) is 12.1. The number of tetrazole rings is 1. The summed E-state index contributed by atoms with van der Waals surface area (Å²) in [6, 6.07) is 3.74. The molecule has 7 heteroatoms. The molecule has 0 aliphatic carbocycles. The Bertz CT molecular complexity index is 496. The maximum Gasteiger partial charge on any atom is 0.305 e. The van der Waals surface area contributed by atoms with Gasteiger partial charge in [0, 0.05) is 18.8 Å². The van der Waals surface area contributed by atoms with E-state index in [9.17, 15) is 4.79 Å². The van der Waals surface area contributed by atoms with Crippen molar-refractivity contribution in [3.63, 3.8) is 0 Å². The second kappa shape index (κ2) is 5.15. The van der Waals surface area contributed by atoms with Gasteiger partial charge in [-0.2, -0.15) is 0 Å². The fourth-order valence-electron chi connectivity index (χ4n) is 1.41. The monoisotopic (exact) mass is 233 g/mol. The summed E-state index contributed by atoms with van der Waals surface area (Å²) in [6.45, 7) is 0.281. The number of hydrogen-bond donors (Lipinski definition) is 1. The summed E-state index contributed by atoms with van der Waals surface area (Å²) in [5.41, 5.74) is 1.03. The van der Waals surface area contributed by atoms with Crippen molar-refractivity contribution in [3.05, 3.63) is 35.9 Å². The quantitative estimate of drug-likeness (QED) is 0.789. The molecule has 2 aromatic heterocycles. The molecule has 0 aliphatic heterocycles. The van der Waals surface area contributed by atoms with E-state index in [1.54, 1.807) is 12.4 Å². The highest BCUT2D eigenvalue weighted by molar-refractivity contribution is 5.66. The Labute approximate surface area is 97.1 Å². The Morgan fingerprint density at radius 2 is 2.12 bits per heavy atom. The van der Waals surface area contributed by atoms with Gasteiger partial charge in [0.1, 0.15) is 0 Å². The molecule has 0 spiro atoms. The third-order valence-corrected chi connectivity index (χ3v) is 2.26. The number of carbonyl (C=O) groups is 1. The fourth-order valence-corrected chi connectivity index (χ4v) is 1.41. The van der Waals surface area contributed by atoms with Crippen molar-refractivity contribution in [3.8, 4) is 0 Å². The summed E-state index contributed by atoms with van der Waals surface area (Å²) in [4.78, 5) is 14.4. The van der Waals surface area contributed by atoms with E-state index in [4.69, 9.17) is 5.11 Å². The summed E-state index contributed by atoms with van der Waals surface area (Å²) in [7, 11) is 0. The topological polar surface area (TPSA) is 93.8 Å². The maximum absolute atomic E-state index is 10.5. The fraction of sp³-hybridized carbons (Fsp3) is 0.300. The molecule has 0 radical (unpaired) electrons. The number of rotatable bonds is 5. The van der Waals surface area contributed by atoms with Crippen molar-refractivity contribution in [1.82, 2.24) is 25.2 Å². The average molecular weight is 233 g/mol. The van der Waals surface area contributed by atoms with E-state index in [1.165, 1.54) is 4.68 Å². The highest BCUT2D eigenvalue weighted by atomic mass is 16.4. The van der Waals surface area contributed by atoms with Crippen LogP contribution in [-0.2, 0) is 17.8 Å². The number of pyridine rings is 1. The van der Waals surface area contributed by atoms with E-state index < -0.39 is 5.97 Å². The first-order valence-electron chi connectivity index (χ1n) is 5.11. The van der Waals surface area contributed by atoms with Gasteiger partial charge in [-0.25, -0.2) is 4.68 Å². The van der Waals surface area contributed by atoms with Crippen LogP contribution < -0.4 is 0 Å². The van der Waals surface area contributed by atoms with Gasteiger partial charge in [-0.1, -0.05) is 0 Å². The molecule has 0 amide bonds. The van der Waals surface area contributed by atoms with Crippen molar-refractivity contribution in [2.45, 2.75) is 19.4 Å². The lowest BCUT2D eigenvalue weighted by Gasteiger charge is -2.02. The molecule has 2 aromatic rings. The van der Waals surface area contributed by atoms with Gasteiger partial charge in [0.2, 0.25) is 0 Å². The van der Waals surface area contributed by atoms with Crippen LogP contribution in [0.25, 0.3) is 0 Å². The lowest BCUT2D eigenvalue weighted by atomic mass is 10.2. The number of carboxylic acid groups (broad SMARTS) is 1. The van der Waals surface area contributed by atoms with Crippen molar-refractivity contribution >= 4 is 5.97 Å². The molecule has 7 nitrogen and oxygen atoms in total. The summed E-state index contributed by atoms with van der Waals surface area (Å²) in [5.74, 6) is -0.215. The summed E-state index contributed by atoms with van der Waals surface area (Å²) >= 11 is 0. The molecular formula is C10H11N5O2. The van der Waals surface area contributed by atoms with E-state index in [0.717, 1.165) is 5.56 Å². The molecule has 1 N–H and O–H groups in total. The number of nitrogens with zero attached hydrogens (tertiary/aromatic N) is 5. The molecular weight excluding hydrogens is 222 g/mol. The molecule has 2 rings (SSSR count). The summed E-state index contributed by atoms with van der Waals surface area (Å²) in [5, 5.41) is 19.8. The number of aryl methyl sites for hydroxylation is 1. The van der Waals surface area contributed by atoms with Crippen LogP contribution in [-0.4, -0.2) is 36.3 Å². The first-order chi connectivity index (χ1) is 8.25. The minimum absolute atomic E-state index is 0.00832. The highest BCUT2D eigenvalue weighted by Crippen LogP contribution is 2.05. The Morgan fingerprint density at radius 3 is 2.82 bits per heavy atom. The molecule has 0 aromatic carbocycles. The Hall–Kier alpha value is -2.31. The predicted molar refractivity (Wildman–Crippen MR) is 57.1 cm³/mol. The van der Waals surface area contributed by atoms with Gasteiger partial charge in [-0.3, -0.25) is 9.78 Å². The molecule has 0 atom stereocenters. The van der Waals surface area contributed by atoms with Gasteiger partial charge in [-0.05, 0) is 28.1 Å². The van der Waals surface area contributed by atoms with Gasteiger partial charge >= 0.3 is 5.97 Å². The Morgan fingerprint density at radius 1 is 1.35 bits per heavy atom. The van der Waals surface area contributed by atoms with Gasteiger partial charge in [0.15, 0.2) is 5.82 Å². The molecule has 0 unspecified atom stereocenters. The lowest BCUT2D eigenvalue weighted by molar-refractivity contribution is -0.137. The van der Waals surface area contributed by atoms with E-state index in [0.29, 0.717) is 12.2 Å². The van der Waals surface area contributed by atoms with E-state index in [-0.39, 0.29) is 13.0 Å². The van der Waals surface area contributed by atoms with Crippen molar-refractivity contribution < 1.29 is 9.90 Å². The van der Waals surface area contributed by atoms with Crippen molar-refractivity contribution in [2.24, 2.45) is 0 Å². The van der Waals surface area contributed by atoms with Gasteiger partial charge in [-0.15, -0.1) is 5.10 Å². The van der Waals surface area contributed by atoms with Crippen LogP contribution >= 0.6 is 0 Å². The first kappa shape index (κ1) is 11.2. The maximum atomic E-state index is 10.5. The van der Waals surface area contributed by atoms with Gasteiger partial charge in [0.05, 0.1) is 13.0 Å². The van der Waals surface area contributed by atoms with Crippen LogP contribution in [0.4, 0.5) is 0 Å². The van der Waals surface area contributed by atoms with Crippen LogP contribution in [0, 0.1) is 0 Å². The molecule has 0 bridgehead atoms. The second-order valence-corrected chi connectivity index (χ2v) is 3.49. The highest BCUT2D eigenvalue weighted by Gasteiger charge is 2.08. The van der Waals surface area contributed by atoms with Gasteiger partial charge < -0.3 is 5.11 Å². The van der Waals surface area contributed by atoms with Crippen molar-refractivity contribution in [2.75, 3.05) is 0 Å². The standard InChI is InChI=1S/C10H11N5O2/c16-10(17)3-6-15-9(12-13-14-15)7-8-1-4-11-5-2-8/h1-2,4-5H,3,6-7H2,(H,16,17). The number of aromatic nitrogens is 5. The lowest BCUT2D eigenvalue weighted by Crippen LogP contribution is -2.10. The van der Waals surface area contributed by atoms with Crippen LogP contribution in [0.1, 0.15) is 17.8 Å². The van der Waals surface area contributed by atoms with Crippen molar-refractivity contribution in [1.29, 1.82) is 0 Å². The molecule has 88 valence electrons. The van der Waals surface area contributed by atoms with Crippen LogP contribution in [0.2, 0.25) is 0 Å². The van der Waals surface area contributed by atoms with Crippen LogP contribution in [0.15, 0.2) is 24.5 Å². The van der Waals surface area contributed by atoms with Gasteiger partial charge in [0.25, 0.3) is 0 Å². The van der Waals surface area contributed by atoms with Crippen LogP contribution in [0.5, 0.6) is 0 Å². The van der Waals surface area contributed by atoms with E-state index >= 15 is 0 Å². The third kappa shape index (κ3) is 3.07. The average Bonchev–Trinajstić information content (AvgIpc) is 2.75. The molecule has 2 heterocycles. The summed E-state index contributed by atoms with van der Waals surface area (Å²) < 4.78 is 1.51. The normalized spacial score (nSPS) is 10.4. The minimum Gasteiger partial charge on any atom is -0.481 e. The second-order valence-electron chi connectivity index (χ2n) is 3.49.